The van der Waals surface area contributed by atoms with E-state index in [0.717, 1.165) is 22.3 Å². The molecule has 0 heterocycles. The zero-order valence-corrected chi connectivity index (χ0v) is 20.4. The van der Waals surface area contributed by atoms with Gasteiger partial charge in [-0.1, -0.05) is 71.0 Å². The molecule has 0 aromatic heterocycles. The molecule has 4 heteroatoms. The van der Waals surface area contributed by atoms with E-state index in [1.807, 2.05) is 24.3 Å². The third-order valence-electron chi connectivity index (χ3n) is 8.01. The van der Waals surface area contributed by atoms with Gasteiger partial charge in [-0.15, -0.1) is 0 Å². The van der Waals surface area contributed by atoms with E-state index < -0.39 is 25.4 Å². The zero-order valence-electron chi connectivity index (χ0n) is 19.4. The van der Waals surface area contributed by atoms with Crippen LogP contribution < -0.4 is 0 Å². The van der Waals surface area contributed by atoms with E-state index in [0.29, 0.717) is 12.8 Å². The molecule has 0 aliphatic heterocycles. The maximum Gasteiger partial charge on any atom is 0.192 e. The van der Waals surface area contributed by atoms with Crippen LogP contribution in [-0.2, 0) is 4.43 Å². The molecule has 29 heavy (non-hydrogen) atoms. The first-order valence-corrected chi connectivity index (χ1v) is 13.6. The predicted octanol–water partition coefficient (Wildman–Crippen LogP) is 6.00. The van der Waals surface area contributed by atoms with Crippen LogP contribution in [0.15, 0.2) is 42.0 Å². The zero-order chi connectivity index (χ0) is 22.0. The van der Waals surface area contributed by atoms with Crippen LogP contribution in [0.1, 0.15) is 71.6 Å². The molecule has 160 valence electrons. The molecule has 0 saturated carbocycles. The molecule has 0 radical (unpaired) electrons. The Hall–Kier alpha value is -1.20. The highest BCUT2D eigenvalue weighted by Gasteiger charge is 2.58. The molecule has 3 rings (SSSR count). The van der Waals surface area contributed by atoms with Crippen LogP contribution in [0.4, 0.5) is 0 Å². The van der Waals surface area contributed by atoms with Gasteiger partial charge in [0.1, 0.15) is 11.7 Å². The molecular formula is C25H38O3Si. The predicted molar refractivity (Wildman–Crippen MR) is 123 cm³/mol. The van der Waals surface area contributed by atoms with E-state index in [1.54, 1.807) is 0 Å². The molecular weight excluding hydrogens is 376 g/mol. The molecule has 2 aliphatic carbocycles. The maximum atomic E-state index is 12.0. The Kier molecular flexibility index (Phi) is 5.36. The molecule has 0 spiro atoms. The average molecular weight is 415 g/mol. The van der Waals surface area contributed by atoms with Gasteiger partial charge in [-0.05, 0) is 53.7 Å². The number of aliphatic hydroxyl groups is 2. The Balaban J connectivity index is 2.18. The lowest BCUT2D eigenvalue weighted by Crippen LogP contribution is -2.58. The molecule has 0 unspecified atom stereocenters. The Morgan fingerprint density at radius 3 is 2.34 bits per heavy atom. The fourth-order valence-corrected chi connectivity index (χ4v) is 6.06. The standard InChI is InChI=1S/C25H38O3Si/c1-16-14-20-17(2)21(28-29(8,9)23(3,4)5)15-25(27,24(20,6)7)22(26)19-13-11-10-12-18(16)19/h10-13,21-22,26-27H,1,14-15H2,2-9H3/t21-,22-,25+/m0/s1. The van der Waals surface area contributed by atoms with Crippen molar-refractivity contribution in [1.82, 2.24) is 0 Å². The Bertz CT molecular complexity index is 859. The summed E-state index contributed by atoms with van der Waals surface area (Å²) in [5, 5.41) is 23.6. The Labute approximate surface area is 177 Å². The second kappa shape index (κ2) is 6.91. The van der Waals surface area contributed by atoms with Gasteiger partial charge in [-0.25, -0.2) is 0 Å². The fourth-order valence-electron chi connectivity index (χ4n) is 4.74. The lowest BCUT2D eigenvalue weighted by Gasteiger charge is -2.55. The number of aliphatic hydroxyl groups excluding tert-OH is 1. The molecule has 1 aromatic carbocycles. The lowest BCUT2D eigenvalue weighted by molar-refractivity contribution is -0.161. The van der Waals surface area contributed by atoms with E-state index in [-0.39, 0.29) is 11.1 Å². The molecule has 0 saturated heterocycles. The maximum absolute atomic E-state index is 12.0. The first-order chi connectivity index (χ1) is 13.1. The minimum Gasteiger partial charge on any atom is -0.410 e. The topological polar surface area (TPSA) is 49.7 Å². The number of fused-ring (bicyclic) bond motifs is 3. The first-order valence-electron chi connectivity index (χ1n) is 10.7. The van der Waals surface area contributed by atoms with E-state index in [2.05, 4.69) is 61.2 Å². The highest BCUT2D eigenvalue weighted by Crippen LogP contribution is 2.58. The summed E-state index contributed by atoms with van der Waals surface area (Å²) in [5.41, 5.74) is 3.13. The van der Waals surface area contributed by atoms with Crippen LogP contribution in [0.5, 0.6) is 0 Å². The minimum absolute atomic E-state index is 0.0738. The number of rotatable bonds is 2. The molecule has 0 amide bonds. The van der Waals surface area contributed by atoms with Gasteiger partial charge in [-0.3, -0.25) is 0 Å². The second-order valence-corrected chi connectivity index (χ2v) is 15.8. The summed E-state index contributed by atoms with van der Waals surface area (Å²) in [6.45, 7) is 21.8. The van der Waals surface area contributed by atoms with Crippen LogP contribution in [-0.4, -0.2) is 30.2 Å². The Morgan fingerprint density at radius 2 is 1.76 bits per heavy atom. The highest BCUT2D eigenvalue weighted by atomic mass is 28.4. The van der Waals surface area contributed by atoms with E-state index in [1.165, 1.54) is 5.57 Å². The summed E-state index contributed by atoms with van der Waals surface area (Å²) >= 11 is 0. The van der Waals surface area contributed by atoms with Crippen molar-refractivity contribution in [2.24, 2.45) is 5.41 Å². The van der Waals surface area contributed by atoms with Crippen LogP contribution in [0.25, 0.3) is 5.57 Å². The van der Waals surface area contributed by atoms with Crippen LogP contribution in [0.2, 0.25) is 18.1 Å². The van der Waals surface area contributed by atoms with Gasteiger partial charge in [0.2, 0.25) is 0 Å². The SMILES string of the molecule is C=C1CC2=C(C)[C@@H](O[Si](C)(C)C(C)(C)C)C[C@@](O)([C@@H](O)c3ccccc31)C2(C)C. The van der Waals surface area contributed by atoms with E-state index in [9.17, 15) is 10.2 Å². The van der Waals surface area contributed by atoms with Crippen LogP contribution >= 0.6 is 0 Å². The van der Waals surface area contributed by atoms with Gasteiger partial charge in [0.15, 0.2) is 8.32 Å². The van der Waals surface area contributed by atoms with Gasteiger partial charge in [0.25, 0.3) is 0 Å². The normalized spacial score (nSPS) is 29.9. The number of hydrogen-bond acceptors (Lipinski definition) is 3. The van der Waals surface area contributed by atoms with Crippen molar-refractivity contribution in [3.05, 3.63) is 53.1 Å². The van der Waals surface area contributed by atoms with Crippen LogP contribution in [0.3, 0.4) is 0 Å². The third-order valence-corrected chi connectivity index (χ3v) is 12.5. The third kappa shape index (κ3) is 3.38. The van der Waals surface area contributed by atoms with Gasteiger partial charge in [0, 0.05) is 11.8 Å². The summed E-state index contributed by atoms with van der Waals surface area (Å²) in [4.78, 5) is 0. The van der Waals surface area contributed by atoms with Crippen LogP contribution in [0, 0.1) is 5.41 Å². The van der Waals surface area contributed by atoms with Gasteiger partial charge < -0.3 is 14.6 Å². The molecule has 3 nitrogen and oxygen atoms in total. The van der Waals surface area contributed by atoms with Crippen molar-refractivity contribution < 1.29 is 14.6 Å². The summed E-state index contributed by atoms with van der Waals surface area (Å²) in [5.74, 6) is 0. The summed E-state index contributed by atoms with van der Waals surface area (Å²) in [6.07, 6.45) is -0.123. The average Bonchev–Trinajstić information content (AvgIpc) is 2.61. The summed E-state index contributed by atoms with van der Waals surface area (Å²) < 4.78 is 6.80. The first kappa shape index (κ1) is 22.5. The van der Waals surface area contributed by atoms with Crippen molar-refractivity contribution in [3.63, 3.8) is 0 Å². The molecule has 2 N–H and O–H groups in total. The molecule has 2 bridgehead atoms. The van der Waals surface area contributed by atoms with Crippen molar-refractivity contribution in [2.45, 2.75) is 90.3 Å². The van der Waals surface area contributed by atoms with Crippen molar-refractivity contribution in [3.8, 4) is 0 Å². The lowest BCUT2D eigenvalue weighted by atomic mass is 9.56. The van der Waals surface area contributed by atoms with E-state index >= 15 is 0 Å². The minimum atomic E-state index is -2.05. The Morgan fingerprint density at radius 1 is 1.17 bits per heavy atom. The summed E-state index contributed by atoms with van der Waals surface area (Å²) in [7, 11) is -2.05. The van der Waals surface area contributed by atoms with Gasteiger partial charge in [0.05, 0.1) is 6.10 Å². The highest BCUT2D eigenvalue weighted by molar-refractivity contribution is 6.74. The van der Waals surface area contributed by atoms with E-state index in [4.69, 9.17) is 4.43 Å². The smallest absolute Gasteiger partial charge is 0.192 e. The number of allylic oxidation sites excluding steroid dienone is 1. The second-order valence-electron chi connectivity index (χ2n) is 11.1. The molecule has 2 aliphatic rings. The number of hydrogen-bond donors (Lipinski definition) is 2. The van der Waals surface area contributed by atoms with Gasteiger partial charge in [-0.2, -0.15) is 0 Å². The summed E-state index contributed by atoms with van der Waals surface area (Å²) in [6, 6.07) is 7.80. The molecule has 0 fully saturated rings. The monoisotopic (exact) mass is 414 g/mol. The largest absolute Gasteiger partial charge is 0.410 e. The molecule has 1 aromatic rings. The van der Waals surface area contributed by atoms with Crippen molar-refractivity contribution >= 4 is 13.9 Å². The molecule has 3 atom stereocenters. The van der Waals surface area contributed by atoms with Crippen molar-refractivity contribution in [1.29, 1.82) is 0 Å². The van der Waals surface area contributed by atoms with Gasteiger partial charge >= 0.3 is 0 Å². The quantitative estimate of drug-likeness (QED) is 0.460. The van der Waals surface area contributed by atoms with Crippen molar-refractivity contribution in [2.75, 3.05) is 0 Å². The number of benzene rings is 1. The fraction of sp³-hybridized carbons (Fsp3) is 0.600.